The number of nitro benzene ring substituents is 1. The Morgan fingerprint density at radius 1 is 1.05 bits per heavy atom. The predicted molar refractivity (Wildman–Crippen MR) is 173 cm³/mol. The molecule has 0 spiro atoms. The molecule has 0 unspecified atom stereocenters. The molecular weight excluding hydrogens is 718 g/mol. The molecule has 1 aromatic heterocycles. The van der Waals surface area contributed by atoms with E-state index in [1.54, 1.807) is 12.1 Å². The van der Waals surface area contributed by atoms with Crippen molar-refractivity contribution in [3.63, 3.8) is 0 Å². The van der Waals surface area contributed by atoms with Crippen LogP contribution in [-0.2, 0) is 23.1 Å². The summed E-state index contributed by atoms with van der Waals surface area (Å²) in [5, 5.41) is 22.2. The number of phenolic OH excluding ortho intramolecular Hbond substituents is 1. The number of benzene rings is 3. The maximum atomic E-state index is 11.5. The van der Waals surface area contributed by atoms with Crippen molar-refractivity contribution in [3.8, 4) is 5.75 Å². The summed E-state index contributed by atoms with van der Waals surface area (Å²) in [5.74, 6) is -0.273. The molecule has 0 bridgehead atoms. The van der Waals surface area contributed by atoms with Crippen molar-refractivity contribution >= 4 is 92.3 Å². The first-order valence-corrected chi connectivity index (χ1v) is 18.0. The number of halogens is 3. The Morgan fingerprint density at radius 3 is 2.36 bits per heavy atom. The van der Waals surface area contributed by atoms with Gasteiger partial charge in [0.1, 0.15) is 0 Å². The Labute approximate surface area is 275 Å². The standard InChI is InChI=1S/C29H27Cl3N4O6SSe/c1-3-33-22-14-19(30)20(31)15-23(22)34(8-4-10-43(40,41)42)27(33)16-28-35(24-11-17(2)5-6-26(24)44-28)9-7-18-12-21(32)29(37)25(13-18)36(38)39/h5-6,11-16H,3-4,7-10H2,1-2H3,(H-,37,40,41,42). The molecule has 0 fully saturated rings. The number of aromatic nitrogens is 1. The van der Waals surface area contributed by atoms with Gasteiger partial charge in [0, 0.05) is 0 Å². The van der Waals surface area contributed by atoms with Crippen LogP contribution >= 0.6 is 34.8 Å². The Bertz CT molecular complexity index is 1930. The molecule has 10 nitrogen and oxygen atoms in total. The van der Waals surface area contributed by atoms with Crippen LogP contribution in [0.4, 0.5) is 17.1 Å². The van der Waals surface area contributed by atoms with E-state index in [0.717, 1.165) is 32.8 Å². The average Bonchev–Trinajstić information content (AvgIpc) is 3.42. The van der Waals surface area contributed by atoms with Gasteiger partial charge in [0.15, 0.2) is 0 Å². The van der Waals surface area contributed by atoms with Gasteiger partial charge in [-0.15, -0.1) is 0 Å². The number of hydrogen-bond acceptors (Lipinski definition) is 8. The Kier molecular flexibility index (Phi) is 9.53. The second-order valence-electron chi connectivity index (χ2n) is 10.3. The third-order valence-electron chi connectivity index (χ3n) is 7.31. The number of hydrogen-bond donors (Lipinski definition) is 1. The number of phenols is 1. The van der Waals surface area contributed by atoms with Crippen LogP contribution in [0.2, 0.25) is 15.1 Å². The van der Waals surface area contributed by atoms with E-state index in [2.05, 4.69) is 33.7 Å². The Hall–Kier alpha value is -2.83. The first-order chi connectivity index (χ1) is 20.8. The summed E-state index contributed by atoms with van der Waals surface area (Å²) in [6.07, 6.45) is 2.59. The van der Waals surface area contributed by atoms with Crippen molar-refractivity contribution in [2.45, 2.75) is 33.2 Å². The fourth-order valence-corrected chi connectivity index (χ4v) is 8.64. The number of aryl methyl sites for hydroxylation is 3. The molecule has 0 saturated carbocycles. The summed E-state index contributed by atoms with van der Waals surface area (Å²) < 4.78 is 38.6. The van der Waals surface area contributed by atoms with Gasteiger partial charge in [-0.05, 0) is 0 Å². The van der Waals surface area contributed by atoms with Gasteiger partial charge in [-0.3, -0.25) is 0 Å². The molecule has 0 atom stereocenters. The molecule has 232 valence electrons. The fourth-order valence-electron chi connectivity index (χ4n) is 5.30. The predicted octanol–water partition coefficient (Wildman–Crippen LogP) is 5.89. The quantitative estimate of drug-likeness (QED) is 0.0700. The molecule has 0 amide bonds. The molecule has 1 N–H and O–H groups in total. The number of anilines is 2. The van der Waals surface area contributed by atoms with Crippen molar-refractivity contribution in [2.75, 3.05) is 28.6 Å². The number of nitro groups is 1. The molecule has 4 aromatic rings. The van der Waals surface area contributed by atoms with Crippen LogP contribution in [0.5, 0.6) is 5.75 Å². The first kappa shape index (κ1) is 32.6. The SMILES string of the molecule is CCN1C(=Cc2[se]c3ccc(C)cc3[n+]2CCc2cc(Cl)c(O)c([N+](=O)[O-])c2)N(CCCS(=O)(=O)[O-])c2cc(Cl)c(Cl)cc21. The van der Waals surface area contributed by atoms with Gasteiger partial charge in [0.25, 0.3) is 0 Å². The van der Waals surface area contributed by atoms with E-state index in [-0.39, 0.29) is 32.5 Å². The monoisotopic (exact) mass is 744 g/mol. The molecule has 0 saturated heterocycles. The van der Waals surface area contributed by atoms with Crippen molar-refractivity contribution < 1.29 is 27.6 Å². The average molecular weight is 745 g/mol. The second kappa shape index (κ2) is 12.9. The maximum absolute atomic E-state index is 11.5. The zero-order chi connectivity index (χ0) is 31.9. The third kappa shape index (κ3) is 6.72. The Morgan fingerprint density at radius 2 is 1.73 bits per heavy atom. The summed E-state index contributed by atoms with van der Waals surface area (Å²) in [5.41, 5.74) is 3.84. The number of aromatic hydroxyl groups is 1. The van der Waals surface area contributed by atoms with E-state index in [1.165, 1.54) is 16.4 Å². The van der Waals surface area contributed by atoms with Crippen LogP contribution in [0.3, 0.4) is 0 Å². The van der Waals surface area contributed by atoms with E-state index < -0.39 is 32.2 Å². The van der Waals surface area contributed by atoms with Gasteiger partial charge in [-0.1, -0.05) is 0 Å². The zero-order valence-corrected chi connectivity index (χ0v) is 28.4. The van der Waals surface area contributed by atoms with Gasteiger partial charge in [-0.25, -0.2) is 0 Å². The van der Waals surface area contributed by atoms with Gasteiger partial charge in [0.2, 0.25) is 0 Å². The zero-order valence-electron chi connectivity index (χ0n) is 23.6. The molecular formula is C29H27Cl3N4O6SSe. The Balaban J connectivity index is 1.61. The van der Waals surface area contributed by atoms with E-state index in [0.29, 0.717) is 35.1 Å². The summed E-state index contributed by atoms with van der Waals surface area (Å²) >= 11 is 18.8. The van der Waals surface area contributed by atoms with E-state index >= 15 is 0 Å². The first-order valence-electron chi connectivity index (χ1n) is 13.6. The molecule has 1 aliphatic heterocycles. The third-order valence-corrected chi connectivity index (χ3v) is 11.4. The van der Waals surface area contributed by atoms with Crippen molar-refractivity contribution in [3.05, 3.63) is 89.2 Å². The van der Waals surface area contributed by atoms with Crippen LogP contribution in [-0.4, -0.2) is 56.3 Å². The molecule has 1 aliphatic rings. The second-order valence-corrected chi connectivity index (χ2v) is 15.3. The van der Waals surface area contributed by atoms with Crippen molar-refractivity contribution in [1.82, 2.24) is 0 Å². The molecule has 0 radical (unpaired) electrons. The van der Waals surface area contributed by atoms with Crippen LogP contribution in [0.25, 0.3) is 15.9 Å². The van der Waals surface area contributed by atoms with Gasteiger partial charge < -0.3 is 0 Å². The molecule has 44 heavy (non-hydrogen) atoms. The molecule has 0 aliphatic carbocycles. The van der Waals surface area contributed by atoms with Crippen LogP contribution < -0.4 is 14.4 Å². The normalized spacial score (nSPS) is 14.2. The summed E-state index contributed by atoms with van der Waals surface area (Å²) in [6.45, 7) is 5.32. The fraction of sp³-hybridized carbons (Fsp3) is 0.276. The summed E-state index contributed by atoms with van der Waals surface area (Å²) in [7, 11) is -4.40. The summed E-state index contributed by atoms with van der Waals surface area (Å²) in [4.78, 5) is 14.9. The van der Waals surface area contributed by atoms with Crippen molar-refractivity contribution in [2.24, 2.45) is 0 Å². The molecule has 3 aromatic carbocycles. The van der Waals surface area contributed by atoms with E-state index in [4.69, 9.17) is 34.8 Å². The molecule has 2 heterocycles. The van der Waals surface area contributed by atoms with Gasteiger partial charge in [0.05, 0.1) is 0 Å². The minimum absolute atomic E-state index is 0.0854. The number of fused-ring (bicyclic) bond motifs is 2. The summed E-state index contributed by atoms with van der Waals surface area (Å²) in [6, 6.07) is 12.7. The molecule has 15 heteroatoms. The van der Waals surface area contributed by atoms with Gasteiger partial charge >= 0.3 is 277 Å². The van der Waals surface area contributed by atoms with Crippen LogP contribution in [0.1, 0.15) is 29.0 Å². The van der Waals surface area contributed by atoms with Crippen LogP contribution in [0, 0.1) is 17.0 Å². The van der Waals surface area contributed by atoms with Gasteiger partial charge in [-0.2, -0.15) is 0 Å². The number of nitrogens with zero attached hydrogens (tertiary/aromatic N) is 4. The van der Waals surface area contributed by atoms with Crippen LogP contribution in [0.15, 0.2) is 48.3 Å². The topological polar surface area (TPSA) is 131 Å². The molecule has 5 rings (SSSR count). The van der Waals surface area contributed by atoms with E-state index in [1.807, 2.05) is 18.7 Å². The van der Waals surface area contributed by atoms with Crippen molar-refractivity contribution in [1.29, 1.82) is 0 Å². The number of rotatable bonds is 10. The van der Waals surface area contributed by atoms with E-state index in [9.17, 15) is 28.2 Å². The minimum atomic E-state index is -4.40.